The van der Waals surface area contributed by atoms with E-state index in [2.05, 4.69) is 28.1 Å². The molecule has 34 heavy (non-hydrogen) atoms. The summed E-state index contributed by atoms with van der Waals surface area (Å²) in [5, 5.41) is 11.4. The Morgan fingerprint density at radius 3 is 2.41 bits per heavy atom. The number of carbonyl (C=O) groups is 1. The molecule has 1 amide bonds. The Bertz CT molecular complexity index is 1180. The maximum absolute atomic E-state index is 13.0. The van der Waals surface area contributed by atoms with Crippen LogP contribution in [0.1, 0.15) is 22.9 Å². The van der Waals surface area contributed by atoms with Crippen molar-refractivity contribution in [2.45, 2.75) is 18.0 Å². The number of likely N-dealkylation sites (tertiary alicyclic amines) is 1. The average Bonchev–Trinajstić information content (AvgIpc) is 3.22. The molecule has 1 aromatic heterocycles. The van der Waals surface area contributed by atoms with E-state index in [4.69, 9.17) is 14.2 Å². The summed E-state index contributed by atoms with van der Waals surface area (Å²) in [5.41, 5.74) is 4.07. The van der Waals surface area contributed by atoms with E-state index in [1.54, 1.807) is 19.1 Å². The lowest BCUT2D eigenvalue weighted by molar-refractivity contribution is -0.143. The summed E-state index contributed by atoms with van der Waals surface area (Å²) in [5.74, 6) is 1.50. The number of aliphatic hydroxyl groups excluding tert-OH is 1. The lowest BCUT2D eigenvalue weighted by Gasteiger charge is -2.56. The van der Waals surface area contributed by atoms with E-state index < -0.39 is 6.04 Å². The monoisotopic (exact) mass is 465 g/mol. The van der Waals surface area contributed by atoms with Crippen molar-refractivity contribution in [3.63, 3.8) is 0 Å². The quantitative estimate of drug-likeness (QED) is 0.558. The first-order valence-electron chi connectivity index (χ1n) is 11.5. The third kappa shape index (κ3) is 3.72. The molecule has 1 fully saturated rings. The number of amides is 1. The molecule has 1 saturated heterocycles. The molecule has 1 spiro atoms. The van der Waals surface area contributed by atoms with E-state index in [9.17, 15) is 9.90 Å². The molecule has 0 aliphatic carbocycles. The fraction of sp³-hybridized carbons (Fsp3) is 0.423. The number of hydrogen-bond donors (Lipinski definition) is 2. The second-order valence-corrected chi connectivity index (χ2v) is 9.25. The average molecular weight is 466 g/mol. The molecule has 0 unspecified atom stereocenters. The van der Waals surface area contributed by atoms with Gasteiger partial charge >= 0.3 is 0 Å². The molecule has 8 nitrogen and oxygen atoms in total. The molecule has 0 radical (unpaired) electrons. The summed E-state index contributed by atoms with van der Waals surface area (Å²) in [6.07, 6.45) is 0. The maximum Gasteiger partial charge on any atom is 0.249 e. The fourth-order valence-electron chi connectivity index (χ4n) is 5.64. The van der Waals surface area contributed by atoms with Gasteiger partial charge in [-0.05, 0) is 35.4 Å². The van der Waals surface area contributed by atoms with Crippen LogP contribution in [0.15, 0.2) is 42.5 Å². The summed E-state index contributed by atoms with van der Waals surface area (Å²) in [6.45, 7) is 2.85. The van der Waals surface area contributed by atoms with Gasteiger partial charge in [0.15, 0.2) is 0 Å². The molecule has 180 valence electrons. The molecule has 5 rings (SSSR count). The Balaban J connectivity index is 1.50. The van der Waals surface area contributed by atoms with Gasteiger partial charge in [-0.1, -0.05) is 12.1 Å². The number of nitrogens with zero attached hydrogens (tertiary/aromatic N) is 2. The van der Waals surface area contributed by atoms with E-state index in [1.165, 1.54) is 18.2 Å². The predicted molar refractivity (Wildman–Crippen MR) is 128 cm³/mol. The summed E-state index contributed by atoms with van der Waals surface area (Å²) < 4.78 is 15.8. The van der Waals surface area contributed by atoms with Crippen LogP contribution in [-0.4, -0.2) is 80.0 Å². The van der Waals surface area contributed by atoms with E-state index in [1.807, 2.05) is 24.3 Å². The first-order chi connectivity index (χ1) is 16.5. The number of benzene rings is 2. The maximum atomic E-state index is 13.0. The third-order valence-corrected chi connectivity index (χ3v) is 7.13. The van der Waals surface area contributed by atoms with Crippen LogP contribution in [0.2, 0.25) is 0 Å². The van der Waals surface area contributed by atoms with Gasteiger partial charge in [0.1, 0.15) is 18.1 Å². The number of aromatic amines is 1. The van der Waals surface area contributed by atoms with Crippen LogP contribution in [0.4, 0.5) is 0 Å². The zero-order chi connectivity index (χ0) is 23.9. The second kappa shape index (κ2) is 8.94. The third-order valence-electron chi connectivity index (χ3n) is 7.13. The Morgan fingerprint density at radius 1 is 1.06 bits per heavy atom. The molecule has 2 aliphatic heterocycles. The van der Waals surface area contributed by atoms with Gasteiger partial charge < -0.3 is 29.2 Å². The van der Waals surface area contributed by atoms with Crippen molar-refractivity contribution in [1.82, 2.24) is 14.8 Å². The number of aromatic nitrogens is 1. The minimum Gasteiger partial charge on any atom is -0.497 e. The number of ether oxygens (including phenoxy) is 3. The van der Waals surface area contributed by atoms with Gasteiger partial charge in [-0.25, -0.2) is 0 Å². The van der Waals surface area contributed by atoms with Crippen molar-refractivity contribution < 1.29 is 24.1 Å². The summed E-state index contributed by atoms with van der Waals surface area (Å²) in [7, 11) is 4.84. The lowest BCUT2D eigenvalue weighted by atomic mass is 9.68. The molecular weight excluding hydrogens is 434 g/mol. The molecular formula is C26H31N3O5. The SMILES string of the molecule is COCC(=O)N1CC2(CN(Cc3ccc(OC)cc3)C2)c2c([nH]c3cc(OC)ccc23)[C@H]1CO. The number of fused-ring (bicyclic) bond motifs is 4. The van der Waals surface area contributed by atoms with Gasteiger partial charge in [0.2, 0.25) is 5.91 Å². The highest BCUT2D eigenvalue weighted by Gasteiger charge is 2.53. The molecule has 2 aliphatic rings. The highest BCUT2D eigenvalue weighted by molar-refractivity contribution is 5.89. The standard InChI is InChI=1S/C26H31N3O5/c1-32-13-23(31)29-16-26(14-28(15-26)11-17-4-6-18(33-2)7-5-17)24-20-9-8-19(34-3)10-21(20)27-25(24)22(29)12-30/h4-10,22,27,30H,11-16H2,1-3H3/t22-/m1/s1. The van der Waals surface area contributed by atoms with Gasteiger partial charge in [-0.15, -0.1) is 0 Å². The van der Waals surface area contributed by atoms with E-state index in [-0.39, 0.29) is 24.5 Å². The minimum atomic E-state index is -0.433. The van der Waals surface area contributed by atoms with Crippen LogP contribution in [0.3, 0.4) is 0 Å². The Morgan fingerprint density at radius 2 is 1.76 bits per heavy atom. The molecule has 2 aromatic carbocycles. The van der Waals surface area contributed by atoms with E-state index >= 15 is 0 Å². The molecule has 3 heterocycles. The number of carbonyl (C=O) groups excluding carboxylic acids is 1. The highest BCUT2D eigenvalue weighted by atomic mass is 16.5. The van der Waals surface area contributed by atoms with Crippen molar-refractivity contribution in [1.29, 1.82) is 0 Å². The summed E-state index contributed by atoms with van der Waals surface area (Å²) in [4.78, 5) is 20.7. The lowest BCUT2D eigenvalue weighted by Crippen LogP contribution is -2.66. The van der Waals surface area contributed by atoms with Gasteiger partial charge in [-0.2, -0.15) is 0 Å². The van der Waals surface area contributed by atoms with Gasteiger partial charge in [0.25, 0.3) is 0 Å². The number of aliphatic hydroxyl groups is 1. The zero-order valence-corrected chi connectivity index (χ0v) is 19.8. The number of nitrogens with one attached hydrogen (secondary N) is 1. The van der Waals surface area contributed by atoms with Gasteiger partial charge in [0, 0.05) is 61.4 Å². The topological polar surface area (TPSA) is 87.3 Å². The largest absolute Gasteiger partial charge is 0.497 e. The van der Waals surface area contributed by atoms with E-state index in [0.717, 1.165) is 47.7 Å². The zero-order valence-electron chi connectivity index (χ0n) is 19.8. The number of hydrogen-bond acceptors (Lipinski definition) is 6. The van der Waals surface area contributed by atoms with Crippen molar-refractivity contribution in [3.8, 4) is 11.5 Å². The Kier molecular flexibility index (Phi) is 5.97. The molecule has 8 heteroatoms. The van der Waals surface area contributed by atoms with Crippen LogP contribution >= 0.6 is 0 Å². The minimum absolute atomic E-state index is 0.00841. The predicted octanol–water partition coefficient (Wildman–Crippen LogP) is 2.46. The number of rotatable bonds is 7. The Hall–Kier alpha value is -3.07. The van der Waals surface area contributed by atoms with Crippen molar-refractivity contribution in [2.24, 2.45) is 0 Å². The normalized spacial score (nSPS) is 19.2. The number of methoxy groups -OCH3 is 3. The Labute approximate surface area is 199 Å². The second-order valence-electron chi connectivity index (χ2n) is 9.25. The van der Waals surface area contributed by atoms with Gasteiger partial charge in [-0.3, -0.25) is 9.69 Å². The first-order valence-corrected chi connectivity index (χ1v) is 11.5. The van der Waals surface area contributed by atoms with Crippen molar-refractivity contribution >= 4 is 16.8 Å². The van der Waals surface area contributed by atoms with E-state index in [0.29, 0.717) is 6.54 Å². The van der Waals surface area contributed by atoms with Crippen molar-refractivity contribution in [2.75, 3.05) is 54.2 Å². The highest BCUT2D eigenvalue weighted by Crippen LogP contribution is 2.48. The summed E-state index contributed by atoms with van der Waals surface area (Å²) in [6, 6.07) is 13.7. The smallest absolute Gasteiger partial charge is 0.249 e. The van der Waals surface area contributed by atoms with Crippen LogP contribution in [0, 0.1) is 0 Å². The van der Waals surface area contributed by atoms with Crippen molar-refractivity contribution in [3.05, 3.63) is 59.3 Å². The van der Waals surface area contributed by atoms with Gasteiger partial charge in [0.05, 0.1) is 26.9 Å². The molecule has 2 N–H and O–H groups in total. The molecule has 1 atom stereocenters. The molecule has 3 aromatic rings. The first kappa shape index (κ1) is 22.7. The molecule has 0 saturated carbocycles. The fourth-order valence-corrected chi connectivity index (χ4v) is 5.64. The number of H-pyrrole nitrogens is 1. The molecule has 0 bridgehead atoms. The van der Waals surface area contributed by atoms with Crippen LogP contribution in [0.25, 0.3) is 10.9 Å². The summed E-state index contributed by atoms with van der Waals surface area (Å²) >= 11 is 0. The van der Waals surface area contributed by atoms with Crippen LogP contribution in [-0.2, 0) is 21.5 Å². The van der Waals surface area contributed by atoms with Crippen LogP contribution in [0.5, 0.6) is 11.5 Å². The van der Waals surface area contributed by atoms with Crippen LogP contribution < -0.4 is 9.47 Å².